The van der Waals surface area contributed by atoms with E-state index >= 15 is 0 Å². The molecule has 0 saturated heterocycles. The predicted molar refractivity (Wildman–Crippen MR) is 85.6 cm³/mol. The largest absolute Gasteiger partial charge is 0.105 e. The molecule has 1 heteroatoms. The zero-order valence-electron chi connectivity index (χ0n) is 12.6. The Morgan fingerprint density at radius 3 is 2.63 bits per heavy atom. The summed E-state index contributed by atoms with van der Waals surface area (Å²) in [6, 6.07) is 7.11. The van der Waals surface area contributed by atoms with Gasteiger partial charge in [0.1, 0.15) is 7.85 Å². The summed E-state index contributed by atoms with van der Waals surface area (Å²) in [5.41, 5.74) is 4.71. The van der Waals surface area contributed by atoms with Gasteiger partial charge in [0.15, 0.2) is 0 Å². The molecule has 1 fully saturated rings. The monoisotopic (exact) mass is 254 g/mol. The quantitative estimate of drug-likeness (QED) is 0.662. The molecule has 1 aromatic carbocycles. The predicted octanol–water partition coefficient (Wildman–Crippen LogP) is 4.10. The highest BCUT2D eigenvalue weighted by Crippen LogP contribution is 2.41. The van der Waals surface area contributed by atoms with Crippen LogP contribution in [0.5, 0.6) is 0 Å². The van der Waals surface area contributed by atoms with E-state index in [1.807, 2.05) is 0 Å². The molecule has 0 heterocycles. The standard InChI is InChI=1S/C18H27B/c1-13-5-6-14-3-2-4-15(7-8-16(14)11-13)17-9-10-18(19)12-17/h5-6,11,15,17-18H,2-4,7-10,12,19H2,1H3/t15?,17-,18?/m1/s1. The maximum Gasteiger partial charge on any atom is 0.105 e. The lowest BCUT2D eigenvalue weighted by molar-refractivity contribution is 0.289. The fraction of sp³-hybridized carbons (Fsp3) is 0.667. The van der Waals surface area contributed by atoms with Gasteiger partial charge < -0.3 is 0 Å². The smallest absolute Gasteiger partial charge is 0.0694 e. The van der Waals surface area contributed by atoms with Crippen molar-refractivity contribution in [2.75, 3.05) is 0 Å². The van der Waals surface area contributed by atoms with E-state index in [1.165, 1.54) is 56.9 Å². The third-order valence-electron chi connectivity index (χ3n) is 5.57. The van der Waals surface area contributed by atoms with Crippen LogP contribution in [0.15, 0.2) is 18.2 Å². The van der Waals surface area contributed by atoms with Crippen LogP contribution in [0.25, 0.3) is 0 Å². The Morgan fingerprint density at radius 1 is 0.947 bits per heavy atom. The van der Waals surface area contributed by atoms with Crippen LogP contribution in [0.4, 0.5) is 0 Å². The van der Waals surface area contributed by atoms with Gasteiger partial charge in [-0.25, -0.2) is 0 Å². The maximum atomic E-state index is 2.45. The summed E-state index contributed by atoms with van der Waals surface area (Å²) in [5.74, 6) is 3.05. The zero-order chi connectivity index (χ0) is 13.2. The second-order valence-corrected chi connectivity index (χ2v) is 7.14. The average molecular weight is 254 g/mol. The normalized spacial score (nSPS) is 31.5. The summed E-state index contributed by atoms with van der Waals surface area (Å²) in [4.78, 5) is 0. The van der Waals surface area contributed by atoms with Crippen LogP contribution in [0, 0.1) is 18.8 Å². The molecule has 2 aliphatic carbocycles. The van der Waals surface area contributed by atoms with Crippen LogP contribution in [0.2, 0.25) is 5.82 Å². The summed E-state index contributed by atoms with van der Waals surface area (Å²) < 4.78 is 0. The number of benzene rings is 1. The van der Waals surface area contributed by atoms with E-state index in [-0.39, 0.29) is 0 Å². The Morgan fingerprint density at radius 2 is 1.84 bits per heavy atom. The fourth-order valence-corrected chi connectivity index (χ4v) is 4.42. The van der Waals surface area contributed by atoms with E-state index in [1.54, 1.807) is 11.1 Å². The molecule has 19 heavy (non-hydrogen) atoms. The van der Waals surface area contributed by atoms with Crippen LogP contribution in [0.1, 0.15) is 55.2 Å². The van der Waals surface area contributed by atoms with Crippen molar-refractivity contribution in [1.82, 2.24) is 0 Å². The van der Waals surface area contributed by atoms with Gasteiger partial charge in [-0.15, -0.1) is 0 Å². The minimum Gasteiger partial charge on any atom is -0.0694 e. The zero-order valence-corrected chi connectivity index (χ0v) is 12.6. The lowest BCUT2D eigenvalue weighted by Gasteiger charge is -2.27. The second kappa shape index (κ2) is 5.73. The number of aryl methyl sites for hydroxylation is 3. The van der Waals surface area contributed by atoms with Crippen molar-refractivity contribution >= 4 is 7.85 Å². The van der Waals surface area contributed by atoms with Gasteiger partial charge in [-0.3, -0.25) is 0 Å². The first kappa shape index (κ1) is 13.3. The van der Waals surface area contributed by atoms with Gasteiger partial charge in [0.2, 0.25) is 0 Å². The van der Waals surface area contributed by atoms with Crippen LogP contribution in [-0.2, 0) is 12.8 Å². The minimum absolute atomic E-state index is 0.991. The Balaban J connectivity index is 1.70. The first-order valence-electron chi connectivity index (χ1n) is 8.31. The Labute approximate surface area is 119 Å². The molecule has 1 aromatic rings. The van der Waals surface area contributed by atoms with Crippen LogP contribution in [-0.4, -0.2) is 7.85 Å². The topological polar surface area (TPSA) is 0 Å². The molecule has 2 aliphatic rings. The Kier molecular flexibility index (Phi) is 4.00. The molecule has 0 amide bonds. The molecule has 2 unspecified atom stereocenters. The number of rotatable bonds is 1. The van der Waals surface area contributed by atoms with E-state index in [0.29, 0.717) is 0 Å². The molecule has 1 saturated carbocycles. The van der Waals surface area contributed by atoms with Crippen LogP contribution >= 0.6 is 0 Å². The number of fused-ring (bicyclic) bond motifs is 1. The van der Waals surface area contributed by atoms with Gasteiger partial charge in [-0.2, -0.15) is 0 Å². The van der Waals surface area contributed by atoms with E-state index in [9.17, 15) is 0 Å². The summed E-state index contributed by atoms with van der Waals surface area (Å²) in [7, 11) is 2.45. The van der Waals surface area contributed by atoms with Gasteiger partial charge in [-0.1, -0.05) is 48.8 Å². The molecular weight excluding hydrogens is 227 g/mol. The third kappa shape index (κ3) is 3.07. The van der Waals surface area contributed by atoms with Gasteiger partial charge in [0.05, 0.1) is 0 Å². The second-order valence-electron chi connectivity index (χ2n) is 7.14. The van der Waals surface area contributed by atoms with Crippen molar-refractivity contribution in [2.45, 2.75) is 64.1 Å². The van der Waals surface area contributed by atoms with E-state index < -0.39 is 0 Å². The SMILES string of the molecule is BC1CC[C@@H](C2CCCc3ccc(C)cc3CC2)C1. The lowest BCUT2D eigenvalue weighted by atomic mass is 9.77. The van der Waals surface area contributed by atoms with Crippen molar-refractivity contribution in [2.24, 2.45) is 11.8 Å². The molecule has 0 aliphatic heterocycles. The highest BCUT2D eigenvalue weighted by atomic mass is 14.3. The molecule has 0 N–H and O–H groups in total. The minimum atomic E-state index is 0.991. The number of hydrogen-bond acceptors (Lipinski definition) is 0. The highest BCUT2D eigenvalue weighted by Gasteiger charge is 2.29. The van der Waals surface area contributed by atoms with Crippen LogP contribution in [0.3, 0.4) is 0 Å². The third-order valence-corrected chi connectivity index (χ3v) is 5.57. The molecule has 0 bridgehead atoms. The van der Waals surface area contributed by atoms with Crippen molar-refractivity contribution in [3.63, 3.8) is 0 Å². The summed E-state index contributed by atoms with van der Waals surface area (Å²) in [6.07, 6.45) is 11.5. The van der Waals surface area contributed by atoms with Crippen molar-refractivity contribution < 1.29 is 0 Å². The molecule has 102 valence electrons. The Hall–Kier alpha value is -0.715. The summed E-state index contributed by atoms with van der Waals surface area (Å²) >= 11 is 0. The van der Waals surface area contributed by atoms with Gasteiger partial charge in [0, 0.05) is 0 Å². The van der Waals surface area contributed by atoms with Crippen LogP contribution < -0.4 is 0 Å². The highest BCUT2D eigenvalue weighted by molar-refractivity contribution is 6.11. The first-order chi connectivity index (χ1) is 9.22. The van der Waals surface area contributed by atoms with E-state index in [4.69, 9.17) is 0 Å². The van der Waals surface area contributed by atoms with E-state index in [0.717, 1.165) is 17.7 Å². The maximum absolute atomic E-state index is 2.45. The Bertz CT molecular complexity index is 437. The molecule has 0 nitrogen and oxygen atoms in total. The molecular formula is C18H27B. The fourth-order valence-electron chi connectivity index (χ4n) is 4.42. The van der Waals surface area contributed by atoms with Gasteiger partial charge in [-0.05, 0) is 62.0 Å². The molecule has 3 atom stereocenters. The summed E-state index contributed by atoms with van der Waals surface area (Å²) in [5, 5.41) is 0. The molecule has 0 aromatic heterocycles. The summed E-state index contributed by atoms with van der Waals surface area (Å²) in [6.45, 7) is 2.23. The molecule has 0 radical (unpaired) electrons. The van der Waals surface area contributed by atoms with E-state index in [2.05, 4.69) is 33.0 Å². The van der Waals surface area contributed by atoms with Gasteiger partial charge >= 0.3 is 0 Å². The average Bonchev–Trinajstić information content (AvgIpc) is 2.78. The lowest BCUT2D eigenvalue weighted by Crippen LogP contribution is -2.16. The first-order valence-corrected chi connectivity index (χ1v) is 8.31. The van der Waals surface area contributed by atoms with Crippen molar-refractivity contribution in [3.05, 3.63) is 34.9 Å². The molecule has 3 rings (SSSR count). The number of hydrogen-bond donors (Lipinski definition) is 0. The van der Waals surface area contributed by atoms with Crippen molar-refractivity contribution in [3.8, 4) is 0 Å². The van der Waals surface area contributed by atoms with Gasteiger partial charge in [0.25, 0.3) is 0 Å². The molecule has 0 spiro atoms. The van der Waals surface area contributed by atoms with Crippen molar-refractivity contribution in [1.29, 1.82) is 0 Å².